The molecule has 0 aliphatic heterocycles. The first-order chi connectivity index (χ1) is 10.6. The SMILES string of the molecule is CSCC[C@@H](C(=O)Nc1ccc(C(N)=O)cc1)n1cccc1. The van der Waals surface area contributed by atoms with Crippen LogP contribution in [0, 0.1) is 0 Å². The molecule has 116 valence electrons. The van der Waals surface area contributed by atoms with E-state index in [0.29, 0.717) is 11.3 Å². The lowest BCUT2D eigenvalue weighted by Crippen LogP contribution is -2.26. The average Bonchev–Trinajstić information content (AvgIpc) is 3.02. The fourth-order valence-corrected chi connectivity index (χ4v) is 2.60. The Labute approximate surface area is 133 Å². The highest BCUT2D eigenvalue weighted by molar-refractivity contribution is 7.98. The number of hydrogen-bond acceptors (Lipinski definition) is 3. The van der Waals surface area contributed by atoms with Crippen molar-refractivity contribution in [3.63, 3.8) is 0 Å². The summed E-state index contributed by atoms with van der Waals surface area (Å²) in [6.45, 7) is 0. The molecule has 2 rings (SSSR count). The molecule has 0 saturated heterocycles. The molecular weight excluding hydrogens is 298 g/mol. The Bertz CT molecular complexity index is 623. The molecule has 1 aromatic carbocycles. The number of aromatic nitrogens is 1. The average molecular weight is 317 g/mol. The Morgan fingerprint density at radius 2 is 1.86 bits per heavy atom. The van der Waals surface area contributed by atoms with Crippen LogP contribution in [0.5, 0.6) is 0 Å². The van der Waals surface area contributed by atoms with Crippen molar-refractivity contribution in [2.24, 2.45) is 5.73 Å². The van der Waals surface area contributed by atoms with Crippen molar-refractivity contribution >= 4 is 29.3 Å². The summed E-state index contributed by atoms with van der Waals surface area (Å²) in [5, 5.41) is 2.88. The molecule has 2 amide bonds. The third-order valence-corrected chi connectivity index (χ3v) is 3.97. The number of primary amides is 1. The molecular formula is C16H19N3O2S. The maximum Gasteiger partial charge on any atom is 0.248 e. The zero-order chi connectivity index (χ0) is 15.9. The minimum absolute atomic E-state index is 0.0722. The van der Waals surface area contributed by atoms with Crippen molar-refractivity contribution in [3.05, 3.63) is 54.4 Å². The van der Waals surface area contributed by atoms with Crippen molar-refractivity contribution in [2.75, 3.05) is 17.3 Å². The van der Waals surface area contributed by atoms with Gasteiger partial charge in [0.2, 0.25) is 11.8 Å². The molecule has 3 N–H and O–H groups in total. The van der Waals surface area contributed by atoms with E-state index in [1.807, 2.05) is 35.3 Å². The summed E-state index contributed by atoms with van der Waals surface area (Å²) in [6, 6.07) is 10.1. The zero-order valence-electron chi connectivity index (χ0n) is 12.4. The topological polar surface area (TPSA) is 77.1 Å². The summed E-state index contributed by atoms with van der Waals surface area (Å²) < 4.78 is 1.91. The van der Waals surface area contributed by atoms with Gasteiger partial charge in [0.1, 0.15) is 6.04 Å². The quantitative estimate of drug-likeness (QED) is 0.824. The Hall–Kier alpha value is -2.21. The van der Waals surface area contributed by atoms with Crippen molar-refractivity contribution < 1.29 is 9.59 Å². The molecule has 0 unspecified atom stereocenters. The predicted octanol–water partition coefficient (Wildman–Crippen LogP) is 2.52. The molecule has 0 fully saturated rings. The number of hydrogen-bond donors (Lipinski definition) is 2. The molecule has 0 aliphatic carbocycles. The van der Waals surface area contributed by atoms with Gasteiger partial charge in [0.25, 0.3) is 0 Å². The van der Waals surface area contributed by atoms with Crippen LogP contribution in [0.2, 0.25) is 0 Å². The monoisotopic (exact) mass is 317 g/mol. The fourth-order valence-electron chi connectivity index (χ4n) is 2.14. The van der Waals surface area contributed by atoms with E-state index in [-0.39, 0.29) is 11.9 Å². The van der Waals surface area contributed by atoms with Crippen LogP contribution in [0.15, 0.2) is 48.8 Å². The maximum absolute atomic E-state index is 12.5. The number of anilines is 1. The smallest absolute Gasteiger partial charge is 0.248 e. The van der Waals surface area contributed by atoms with Crippen molar-refractivity contribution in [1.82, 2.24) is 4.57 Å². The highest BCUT2D eigenvalue weighted by atomic mass is 32.2. The number of nitrogens with one attached hydrogen (secondary N) is 1. The first-order valence-corrected chi connectivity index (χ1v) is 8.33. The summed E-state index contributed by atoms with van der Waals surface area (Å²) >= 11 is 1.71. The van der Waals surface area contributed by atoms with Crippen molar-refractivity contribution in [1.29, 1.82) is 0 Å². The van der Waals surface area contributed by atoms with Gasteiger partial charge in [-0.15, -0.1) is 0 Å². The van der Waals surface area contributed by atoms with E-state index < -0.39 is 5.91 Å². The lowest BCUT2D eigenvalue weighted by molar-refractivity contribution is -0.119. The predicted molar refractivity (Wildman–Crippen MR) is 90.1 cm³/mol. The van der Waals surface area contributed by atoms with Crippen LogP contribution in [0.1, 0.15) is 22.8 Å². The Morgan fingerprint density at radius 3 is 2.41 bits per heavy atom. The van der Waals surface area contributed by atoms with Crippen LogP contribution in [0.3, 0.4) is 0 Å². The van der Waals surface area contributed by atoms with Gasteiger partial charge in [-0.05, 0) is 54.8 Å². The number of carbonyl (C=O) groups excluding carboxylic acids is 2. The van der Waals surface area contributed by atoms with Gasteiger partial charge in [0.05, 0.1) is 0 Å². The number of rotatable bonds is 7. The molecule has 5 nitrogen and oxygen atoms in total. The largest absolute Gasteiger partial charge is 0.366 e. The first-order valence-electron chi connectivity index (χ1n) is 6.94. The maximum atomic E-state index is 12.5. The fraction of sp³-hybridized carbons (Fsp3) is 0.250. The molecule has 0 aliphatic rings. The van der Waals surface area contributed by atoms with Gasteiger partial charge in [0.15, 0.2) is 0 Å². The molecule has 0 spiro atoms. The van der Waals surface area contributed by atoms with Gasteiger partial charge >= 0.3 is 0 Å². The molecule has 1 aromatic heterocycles. The summed E-state index contributed by atoms with van der Waals surface area (Å²) in [5.74, 6) is 0.344. The summed E-state index contributed by atoms with van der Waals surface area (Å²) in [4.78, 5) is 23.5. The Morgan fingerprint density at radius 1 is 1.23 bits per heavy atom. The number of benzene rings is 1. The van der Waals surface area contributed by atoms with Gasteiger partial charge in [-0.1, -0.05) is 0 Å². The lowest BCUT2D eigenvalue weighted by Gasteiger charge is -2.18. The highest BCUT2D eigenvalue weighted by Gasteiger charge is 2.19. The summed E-state index contributed by atoms with van der Waals surface area (Å²) in [6.07, 6.45) is 6.55. The zero-order valence-corrected chi connectivity index (χ0v) is 13.2. The van der Waals surface area contributed by atoms with Gasteiger partial charge in [-0.25, -0.2) is 0 Å². The number of nitrogens with two attached hydrogens (primary N) is 1. The molecule has 0 bridgehead atoms. The van der Waals surface area contributed by atoms with Crippen molar-refractivity contribution in [2.45, 2.75) is 12.5 Å². The first kappa shape index (κ1) is 16.2. The van der Waals surface area contributed by atoms with E-state index in [0.717, 1.165) is 12.2 Å². The Balaban J connectivity index is 2.08. The van der Waals surface area contributed by atoms with Gasteiger partial charge < -0.3 is 15.6 Å². The normalized spacial score (nSPS) is 11.9. The van der Waals surface area contributed by atoms with E-state index in [1.165, 1.54) is 0 Å². The van der Waals surface area contributed by atoms with Crippen LogP contribution < -0.4 is 11.1 Å². The number of nitrogens with zero attached hydrogens (tertiary/aromatic N) is 1. The molecule has 0 radical (unpaired) electrons. The van der Waals surface area contributed by atoms with Crippen LogP contribution >= 0.6 is 11.8 Å². The number of amides is 2. The lowest BCUT2D eigenvalue weighted by atomic mass is 10.1. The Kier molecular flexibility index (Phi) is 5.66. The molecule has 22 heavy (non-hydrogen) atoms. The van der Waals surface area contributed by atoms with Crippen LogP contribution in [0.4, 0.5) is 5.69 Å². The minimum atomic E-state index is -0.483. The standard InChI is InChI=1S/C16H19N3O2S/c1-22-11-8-14(19-9-2-3-10-19)16(21)18-13-6-4-12(5-7-13)15(17)20/h2-7,9-10,14H,8,11H2,1H3,(H2,17,20)(H,18,21)/t14-/m0/s1. The van der Waals surface area contributed by atoms with E-state index in [4.69, 9.17) is 5.73 Å². The minimum Gasteiger partial charge on any atom is -0.366 e. The molecule has 0 saturated carbocycles. The highest BCUT2D eigenvalue weighted by Crippen LogP contribution is 2.18. The molecule has 6 heteroatoms. The third kappa shape index (κ3) is 4.14. The van der Waals surface area contributed by atoms with Gasteiger partial charge in [-0.3, -0.25) is 9.59 Å². The molecule has 1 atom stereocenters. The molecule has 1 heterocycles. The number of carbonyl (C=O) groups is 2. The van der Waals surface area contributed by atoms with Gasteiger partial charge in [0, 0.05) is 23.6 Å². The summed E-state index contributed by atoms with van der Waals surface area (Å²) in [7, 11) is 0. The second-order valence-electron chi connectivity index (χ2n) is 4.86. The van der Waals surface area contributed by atoms with Crippen LogP contribution in [-0.2, 0) is 4.79 Å². The van der Waals surface area contributed by atoms with E-state index >= 15 is 0 Å². The molecule has 2 aromatic rings. The summed E-state index contributed by atoms with van der Waals surface area (Å²) in [5.41, 5.74) is 6.27. The van der Waals surface area contributed by atoms with E-state index in [9.17, 15) is 9.59 Å². The number of thioether (sulfide) groups is 1. The van der Waals surface area contributed by atoms with Crippen LogP contribution in [-0.4, -0.2) is 28.4 Å². The van der Waals surface area contributed by atoms with E-state index in [1.54, 1.807) is 36.0 Å². The second-order valence-corrected chi connectivity index (χ2v) is 5.84. The van der Waals surface area contributed by atoms with E-state index in [2.05, 4.69) is 5.32 Å². The van der Waals surface area contributed by atoms with Crippen LogP contribution in [0.25, 0.3) is 0 Å². The second kappa shape index (κ2) is 7.70. The third-order valence-electron chi connectivity index (χ3n) is 3.32. The van der Waals surface area contributed by atoms with Gasteiger partial charge in [-0.2, -0.15) is 11.8 Å². The van der Waals surface area contributed by atoms with Crippen molar-refractivity contribution in [3.8, 4) is 0 Å².